The number of hydrazone groups is 1. The molecule has 2 N–H and O–H groups in total. The van der Waals surface area contributed by atoms with Gasteiger partial charge in [0.05, 0.1) is 19.4 Å². The Hall–Kier alpha value is -3.35. The molecular weight excluding hydrogens is 394 g/mol. The van der Waals surface area contributed by atoms with Crippen molar-refractivity contribution in [2.24, 2.45) is 11.0 Å². The van der Waals surface area contributed by atoms with Crippen LogP contribution in [0.3, 0.4) is 0 Å². The highest BCUT2D eigenvalue weighted by Crippen LogP contribution is 2.28. The molecule has 0 radical (unpaired) electrons. The van der Waals surface area contributed by atoms with E-state index in [1.54, 1.807) is 30.3 Å². The maximum Gasteiger partial charge on any atom is 0.262 e. The quantitative estimate of drug-likeness (QED) is 0.424. The number of rotatable bonds is 11. The standard InChI is InChI=1S/C24H31N3O4/c1-5-14-31-20-13-12-18(15-21(20)30-6-2)16-25-27-24(29)22(17(3)4)26-23(28)19-10-8-7-9-11-19/h7-13,15-17,22H,5-6,14H2,1-4H3,(H,26,28)(H,27,29). The molecule has 2 aromatic carbocycles. The predicted molar refractivity (Wildman–Crippen MR) is 122 cm³/mol. The number of hydrogen-bond acceptors (Lipinski definition) is 5. The van der Waals surface area contributed by atoms with Gasteiger partial charge in [0, 0.05) is 5.56 Å². The van der Waals surface area contributed by atoms with Crippen LogP contribution in [0, 0.1) is 5.92 Å². The number of benzene rings is 2. The van der Waals surface area contributed by atoms with Gasteiger partial charge in [-0.1, -0.05) is 39.0 Å². The van der Waals surface area contributed by atoms with Gasteiger partial charge in [-0.05, 0) is 55.2 Å². The van der Waals surface area contributed by atoms with E-state index in [2.05, 4.69) is 15.8 Å². The summed E-state index contributed by atoms with van der Waals surface area (Å²) in [4.78, 5) is 25.0. The lowest BCUT2D eigenvalue weighted by Crippen LogP contribution is -2.48. The van der Waals surface area contributed by atoms with Crippen molar-refractivity contribution in [2.45, 2.75) is 40.2 Å². The normalized spacial score (nSPS) is 11.9. The summed E-state index contributed by atoms with van der Waals surface area (Å²) in [6, 6.07) is 13.5. The summed E-state index contributed by atoms with van der Waals surface area (Å²) >= 11 is 0. The van der Waals surface area contributed by atoms with Crippen molar-refractivity contribution in [1.82, 2.24) is 10.7 Å². The van der Waals surface area contributed by atoms with Gasteiger partial charge in [0.25, 0.3) is 11.8 Å². The fourth-order valence-corrected chi connectivity index (χ4v) is 2.79. The van der Waals surface area contributed by atoms with Crippen LogP contribution < -0.4 is 20.2 Å². The molecule has 0 aliphatic carbocycles. The van der Waals surface area contributed by atoms with Gasteiger partial charge in [-0.2, -0.15) is 5.10 Å². The van der Waals surface area contributed by atoms with Gasteiger partial charge in [0.2, 0.25) is 0 Å². The highest BCUT2D eigenvalue weighted by molar-refractivity contribution is 5.97. The second-order valence-corrected chi connectivity index (χ2v) is 7.28. The Morgan fingerprint density at radius 3 is 2.42 bits per heavy atom. The Balaban J connectivity index is 2.03. The Labute approximate surface area is 183 Å². The molecule has 0 saturated heterocycles. The van der Waals surface area contributed by atoms with Gasteiger partial charge in [-0.15, -0.1) is 0 Å². The van der Waals surface area contributed by atoms with E-state index in [0.717, 1.165) is 12.0 Å². The average Bonchev–Trinajstić information content (AvgIpc) is 2.77. The number of nitrogens with one attached hydrogen (secondary N) is 2. The molecule has 0 fully saturated rings. The number of carbonyl (C=O) groups excluding carboxylic acids is 2. The molecule has 7 heteroatoms. The van der Waals surface area contributed by atoms with Crippen LogP contribution in [0.25, 0.3) is 0 Å². The van der Waals surface area contributed by atoms with Crippen LogP contribution in [0.15, 0.2) is 53.6 Å². The molecule has 1 unspecified atom stereocenters. The van der Waals surface area contributed by atoms with Crippen molar-refractivity contribution < 1.29 is 19.1 Å². The third-order valence-electron chi connectivity index (χ3n) is 4.39. The lowest BCUT2D eigenvalue weighted by atomic mass is 10.0. The van der Waals surface area contributed by atoms with Crippen molar-refractivity contribution >= 4 is 18.0 Å². The maximum absolute atomic E-state index is 12.6. The zero-order chi connectivity index (χ0) is 22.6. The van der Waals surface area contributed by atoms with Gasteiger partial charge < -0.3 is 14.8 Å². The lowest BCUT2D eigenvalue weighted by Gasteiger charge is -2.20. The molecule has 0 spiro atoms. The number of nitrogens with zero attached hydrogens (tertiary/aromatic N) is 1. The zero-order valence-electron chi connectivity index (χ0n) is 18.6. The van der Waals surface area contributed by atoms with Crippen LogP contribution in [0.4, 0.5) is 0 Å². The van der Waals surface area contributed by atoms with E-state index in [9.17, 15) is 9.59 Å². The summed E-state index contributed by atoms with van der Waals surface area (Å²) in [7, 11) is 0. The molecule has 31 heavy (non-hydrogen) atoms. The summed E-state index contributed by atoms with van der Waals surface area (Å²) in [6.07, 6.45) is 2.43. The highest BCUT2D eigenvalue weighted by Gasteiger charge is 2.24. The third-order valence-corrected chi connectivity index (χ3v) is 4.39. The predicted octanol–water partition coefficient (Wildman–Crippen LogP) is 3.78. The Morgan fingerprint density at radius 2 is 1.77 bits per heavy atom. The minimum absolute atomic E-state index is 0.109. The lowest BCUT2D eigenvalue weighted by molar-refractivity contribution is -0.123. The molecule has 0 bridgehead atoms. The summed E-state index contributed by atoms with van der Waals surface area (Å²) in [5.74, 6) is 0.503. The molecule has 166 valence electrons. The second kappa shape index (κ2) is 12.4. The molecule has 0 aliphatic heterocycles. The maximum atomic E-state index is 12.6. The van der Waals surface area contributed by atoms with Crippen LogP contribution in [0.1, 0.15) is 50.0 Å². The van der Waals surface area contributed by atoms with Gasteiger partial charge >= 0.3 is 0 Å². The van der Waals surface area contributed by atoms with Crippen LogP contribution in [-0.2, 0) is 4.79 Å². The van der Waals surface area contributed by atoms with Crippen molar-refractivity contribution in [2.75, 3.05) is 13.2 Å². The summed E-state index contributed by atoms with van der Waals surface area (Å²) < 4.78 is 11.3. The average molecular weight is 426 g/mol. The molecule has 2 aromatic rings. The van der Waals surface area contributed by atoms with E-state index in [1.165, 1.54) is 6.21 Å². The van der Waals surface area contributed by atoms with Crippen molar-refractivity contribution in [1.29, 1.82) is 0 Å². The highest BCUT2D eigenvalue weighted by atomic mass is 16.5. The molecule has 1 atom stereocenters. The van der Waals surface area contributed by atoms with Gasteiger partial charge in [-0.3, -0.25) is 9.59 Å². The molecule has 0 aliphatic rings. The third kappa shape index (κ3) is 7.44. The van der Waals surface area contributed by atoms with Crippen LogP contribution in [0.2, 0.25) is 0 Å². The molecule has 0 heterocycles. The summed E-state index contributed by atoms with van der Waals surface area (Å²) in [5.41, 5.74) is 3.76. The Bertz CT molecular complexity index is 882. The first-order chi connectivity index (χ1) is 15.0. The fourth-order valence-electron chi connectivity index (χ4n) is 2.79. The largest absolute Gasteiger partial charge is 0.490 e. The molecule has 0 aromatic heterocycles. The first-order valence-corrected chi connectivity index (χ1v) is 10.5. The summed E-state index contributed by atoms with van der Waals surface area (Å²) in [6.45, 7) is 8.79. The van der Waals surface area contributed by atoms with E-state index in [0.29, 0.717) is 30.3 Å². The van der Waals surface area contributed by atoms with Crippen LogP contribution in [-0.4, -0.2) is 37.3 Å². The number of ether oxygens (including phenoxy) is 2. The Kier molecular flexibility index (Phi) is 9.55. The first-order valence-electron chi connectivity index (χ1n) is 10.5. The Morgan fingerprint density at radius 1 is 1.03 bits per heavy atom. The molecule has 2 rings (SSSR count). The van der Waals surface area contributed by atoms with Crippen molar-refractivity contribution in [3.05, 3.63) is 59.7 Å². The topological polar surface area (TPSA) is 89.0 Å². The minimum atomic E-state index is -0.714. The van der Waals surface area contributed by atoms with E-state index in [4.69, 9.17) is 9.47 Å². The number of hydrogen-bond donors (Lipinski definition) is 2. The van der Waals surface area contributed by atoms with Gasteiger partial charge in [0.1, 0.15) is 6.04 Å². The molecular formula is C24H31N3O4. The van der Waals surface area contributed by atoms with E-state index >= 15 is 0 Å². The van der Waals surface area contributed by atoms with Crippen LogP contribution >= 0.6 is 0 Å². The van der Waals surface area contributed by atoms with Gasteiger partial charge in [-0.25, -0.2) is 5.43 Å². The number of amides is 2. The van der Waals surface area contributed by atoms with Crippen molar-refractivity contribution in [3.8, 4) is 11.5 Å². The molecule has 7 nitrogen and oxygen atoms in total. The van der Waals surface area contributed by atoms with Crippen LogP contribution in [0.5, 0.6) is 11.5 Å². The van der Waals surface area contributed by atoms with E-state index < -0.39 is 6.04 Å². The SMILES string of the molecule is CCCOc1ccc(C=NNC(=O)C(NC(=O)c2ccccc2)C(C)C)cc1OCC. The minimum Gasteiger partial charge on any atom is -0.490 e. The van der Waals surface area contributed by atoms with Crippen molar-refractivity contribution in [3.63, 3.8) is 0 Å². The summed E-state index contributed by atoms with van der Waals surface area (Å²) in [5, 5.41) is 6.82. The second-order valence-electron chi connectivity index (χ2n) is 7.28. The van der Waals surface area contributed by atoms with Gasteiger partial charge in [0.15, 0.2) is 11.5 Å². The monoisotopic (exact) mass is 425 g/mol. The molecule has 2 amide bonds. The first kappa shape index (κ1) is 23.9. The fraction of sp³-hybridized carbons (Fsp3) is 0.375. The zero-order valence-corrected chi connectivity index (χ0v) is 18.6. The number of carbonyl (C=O) groups is 2. The van der Waals surface area contributed by atoms with E-state index in [-0.39, 0.29) is 17.7 Å². The smallest absolute Gasteiger partial charge is 0.262 e. The molecule has 0 saturated carbocycles. The van der Waals surface area contributed by atoms with E-state index in [1.807, 2.05) is 45.9 Å².